The monoisotopic (exact) mass is 357 g/mol. The minimum absolute atomic E-state index is 0.0292. The summed E-state index contributed by atoms with van der Waals surface area (Å²) in [6, 6.07) is 0. The van der Waals surface area contributed by atoms with E-state index in [-0.39, 0.29) is 5.69 Å². The summed E-state index contributed by atoms with van der Waals surface area (Å²) in [7, 11) is 0. The normalized spacial score (nSPS) is 21.0. The summed E-state index contributed by atoms with van der Waals surface area (Å²) in [5.74, 6) is 0.310. The smallest absolute Gasteiger partial charge is 0.291 e. The summed E-state index contributed by atoms with van der Waals surface area (Å²) >= 11 is 3.44. The van der Waals surface area contributed by atoms with Crippen LogP contribution in [0.5, 0.6) is 0 Å². The van der Waals surface area contributed by atoms with Crippen LogP contribution in [0.15, 0.2) is 10.7 Å². The van der Waals surface area contributed by atoms with Crippen LogP contribution in [0.2, 0.25) is 0 Å². The molecule has 1 aromatic rings. The fourth-order valence-corrected chi connectivity index (χ4v) is 3.36. The molecule has 0 N–H and O–H groups in total. The van der Waals surface area contributed by atoms with E-state index >= 15 is 0 Å². The van der Waals surface area contributed by atoms with Crippen molar-refractivity contribution in [1.29, 1.82) is 0 Å². The molecule has 3 rings (SSSR count). The second-order valence-electron chi connectivity index (χ2n) is 5.26. The maximum atomic E-state index is 10.9. The molecule has 8 heteroatoms. The minimum Gasteiger partial charge on any atom is -0.355 e. The van der Waals surface area contributed by atoms with Crippen LogP contribution < -0.4 is 4.90 Å². The van der Waals surface area contributed by atoms with E-state index in [0.29, 0.717) is 23.2 Å². The first-order valence-corrected chi connectivity index (χ1v) is 7.64. The molecular formula is C13H16BrN3O4. The van der Waals surface area contributed by atoms with Gasteiger partial charge in [0.15, 0.2) is 5.79 Å². The van der Waals surface area contributed by atoms with Gasteiger partial charge in [0.2, 0.25) is 0 Å². The number of nitro groups is 1. The number of ether oxygens (including phenoxy) is 2. The minimum atomic E-state index is -0.432. The number of halogens is 1. The third-order valence-electron chi connectivity index (χ3n) is 4.05. The van der Waals surface area contributed by atoms with E-state index in [1.165, 1.54) is 6.20 Å². The van der Waals surface area contributed by atoms with Crippen molar-refractivity contribution in [2.45, 2.75) is 25.6 Å². The van der Waals surface area contributed by atoms with Gasteiger partial charge in [-0.25, -0.2) is 4.98 Å². The van der Waals surface area contributed by atoms with Crippen molar-refractivity contribution in [3.8, 4) is 0 Å². The third-order valence-corrected chi connectivity index (χ3v) is 5.00. The summed E-state index contributed by atoms with van der Waals surface area (Å²) in [4.78, 5) is 16.9. The van der Waals surface area contributed by atoms with Gasteiger partial charge in [0.1, 0.15) is 12.0 Å². The number of hydrogen-bond acceptors (Lipinski definition) is 6. The maximum Gasteiger partial charge on any atom is 0.291 e. The van der Waals surface area contributed by atoms with E-state index in [0.717, 1.165) is 31.7 Å². The summed E-state index contributed by atoms with van der Waals surface area (Å²) < 4.78 is 12.1. The van der Waals surface area contributed by atoms with Crippen LogP contribution in [0.25, 0.3) is 0 Å². The molecule has 0 aliphatic carbocycles. The van der Waals surface area contributed by atoms with Crippen molar-refractivity contribution in [3.63, 3.8) is 0 Å². The molecule has 0 atom stereocenters. The zero-order valence-electron chi connectivity index (χ0n) is 11.7. The van der Waals surface area contributed by atoms with Gasteiger partial charge in [0, 0.05) is 31.5 Å². The lowest BCUT2D eigenvalue weighted by atomic mass is 10.0. The summed E-state index contributed by atoms with van der Waals surface area (Å²) in [5.41, 5.74) is 0.625. The molecule has 2 saturated heterocycles. The van der Waals surface area contributed by atoms with Crippen molar-refractivity contribution < 1.29 is 14.4 Å². The SMILES string of the molecule is Cc1c([N+](=O)[O-])cnc(N2CCC3(CC2)OCCO3)c1Br. The van der Waals surface area contributed by atoms with Gasteiger partial charge in [0.05, 0.1) is 22.6 Å². The average Bonchev–Trinajstić information content (AvgIpc) is 2.91. The fourth-order valence-electron chi connectivity index (χ4n) is 2.81. The Balaban J connectivity index is 1.79. The van der Waals surface area contributed by atoms with Crippen LogP contribution in [-0.4, -0.2) is 42.0 Å². The van der Waals surface area contributed by atoms with Crippen LogP contribution in [0, 0.1) is 17.0 Å². The van der Waals surface area contributed by atoms with Crippen molar-refractivity contribution in [2.75, 3.05) is 31.2 Å². The zero-order valence-corrected chi connectivity index (χ0v) is 13.3. The quantitative estimate of drug-likeness (QED) is 0.597. The lowest BCUT2D eigenvalue weighted by molar-refractivity contribution is -0.385. The number of nitrogens with zero attached hydrogens (tertiary/aromatic N) is 3. The van der Waals surface area contributed by atoms with Gasteiger partial charge in [-0.05, 0) is 22.9 Å². The van der Waals surface area contributed by atoms with Crippen molar-refractivity contribution in [1.82, 2.24) is 4.98 Å². The first-order valence-electron chi connectivity index (χ1n) is 6.85. The van der Waals surface area contributed by atoms with Gasteiger partial charge in [-0.3, -0.25) is 10.1 Å². The second kappa shape index (κ2) is 5.51. The molecule has 114 valence electrons. The molecule has 1 spiro atoms. The lowest BCUT2D eigenvalue weighted by Crippen LogP contribution is -2.45. The Morgan fingerprint density at radius 2 is 2.00 bits per heavy atom. The standard InChI is InChI=1S/C13H16BrN3O4/c1-9-10(17(18)19)8-15-12(11(9)14)16-4-2-13(3-5-16)20-6-7-21-13/h8H,2-7H2,1H3. The molecule has 0 unspecified atom stereocenters. The van der Waals surface area contributed by atoms with Crippen molar-refractivity contribution in [3.05, 3.63) is 26.3 Å². The largest absolute Gasteiger partial charge is 0.355 e. The molecule has 7 nitrogen and oxygen atoms in total. The first-order chi connectivity index (χ1) is 10.0. The topological polar surface area (TPSA) is 77.7 Å². The molecule has 21 heavy (non-hydrogen) atoms. The highest BCUT2D eigenvalue weighted by atomic mass is 79.9. The van der Waals surface area contributed by atoms with Gasteiger partial charge in [-0.15, -0.1) is 0 Å². The molecule has 2 fully saturated rings. The summed E-state index contributed by atoms with van der Waals surface area (Å²) in [6.07, 6.45) is 2.87. The summed E-state index contributed by atoms with van der Waals surface area (Å²) in [5, 5.41) is 10.9. The van der Waals surface area contributed by atoms with Gasteiger partial charge >= 0.3 is 0 Å². The highest BCUT2D eigenvalue weighted by Crippen LogP contribution is 2.37. The van der Waals surface area contributed by atoms with Gasteiger partial charge in [0.25, 0.3) is 5.69 Å². The third kappa shape index (κ3) is 2.63. The van der Waals surface area contributed by atoms with E-state index in [2.05, 4.69) is 25.8 Å². The predicted molar refractivity (Wildman–Crippen MR) is 79.4 cm³/mol. The fraction of sp³-hybridized carbons (Fsp3) is 0.615. The molecule has 2 aliphatic heterocycles. The number of aromatic nitrogens is 1. The number of pyridine rings is 1. The Kier molecular flexibility index (Phi) is 3.85. The molecular weight excluding hydrogens is 342 g/mol. The van der Waals surface area contributed by atoms with Crippen molar-refractivity contribution in [2.24, 2.45) is 0 Å². The second-order valence-corrected chi connectivity index (χ2v) is 6.05. The summed E-state index contributed by atoms with van der Waals surface area (Å²) in [6.45, 7) is 4.53. The van der Waals surface area contributed by atoms with E-state index in [4.69, 9.17) is 9.47 Å². The molecule has 0 amide bonds. The van der Waals surface area contributed by atoms with Crippen LogP contribution in [0.3, 0.4) is 0 Å². The van der Waals surface area contributed by atoms with Gasteiger partial charge < -0.3 is 14.4 Å². The number of piperidine rings is 1. The highest BCUT2D eigenvalue weighted by Gasteiger charge is 2.40. The van der Waals surface area contributed by atoms with Gasteiger partial charge in [-0.2, -0.15) is 0 Å². The Morgan fingerprint density at radius 3 is 2.57 bits per heavy atom. The van der Waals surface area contributed by atoms with Crippen LogP contribution in [0.4, 0.5) is 11.5 Å². The van der Waals surface area contributed by atoms with Crippen LogP contribution in [-0.2, 0) is 9.47 Å². The Bertz CT molecular complexity index is 565. The molecule has 0 saturated carbocycles. The lowest BCUT2D eigenvalue weighted by Gasteiger charge is -2.38. The maximum absolute atomic E-state index is 10.9. The average molecular weight is 358 g/mol. The predicted octanol–water partition coefficient (Wildman–Crippen LogP) is 2.40. The molecule has 2 aliphatic rings. The van der Waals surface area contributed by atoms with E-state index in [1.54, 1.807) is 6.92 Å². The molecule has 3 heterocycles. The van der Waals surface area contributed by atoms with E-state index in [9.17, 15) is 10.1 Å². The van der Waals surface area contributed by atoms with E-state index < -0.39 is 10.7 Å². The molecule has 1 aromatic heterocycles. The number of hydrogen-bond donors (Lipinski definition) is 0. The first kappa shape index (κ1) is 14.7. The molecule has 0 aromatic carbocycles. The van der Waals surface area contributed by atoms with Crippen LogP contribution in [0.1, 0.15) is 18.4 Å². The van der Waals surface area contributed by atoms with Crippen molar-refractivity contribution >= 4 is 27.4 Å². The highest BCUT2D eigenvalue weighted by molar-refractivity contribution is 9.10. The Labute approximate surface area is 130 Å². The van der Waals surface area contributed by atoms with E-state index in [1.807, 2.05) is 0 Å². The van der Waals surface area contributed by atoms with Crippen LogP contribution >= 0.6 is 15.9 Å². The molecule has 0 radical (unpaired) electrons. The zero-order chi connectivity index (χ0) is 15.0. The van der Waals surface area contributed by atoms with Gasteiger partial charge in [-0.1, -0.05) is 0 Å². The Morgan fingerprint density at radius 1 is 1.38 bits per heavy atom. The number of rotatable bonds is 2. The molecule has 0 bridgehead atoms. The Hall–Kier alpha value is -1.25. The number of anilines is 1.